The van der Waals surface area contributed by atoms with Crippen molar-refractivity contribution in [1.29, 1.82) is 0 Å². The molecule has 1 aliphatic rings. The number of furan rings is 1. The Bertz CT molecular complexity index is 1230. The van der Waals surface area contributed by atoms with Gasteiger partial charge in [0.05, 0.1) is 12.0 Å². The van der Waals surface area contributed by atoms with E-state index in [1.54, 1.807) is 6.26 Å². The lowest BCUT2D eigenvalue weighted by atomic mass is 10.0. The van der Waals surface area contributed by atoms with E-state index in [9.17, 15) is 4.79 Å². The smallest absolute Gasteiger partial charge is 0.230 e. The largest absolute Gasteiger partial charge is 0.461 e. The van der Waals surface area contributed by atoms with Gasteiger partial charge in [-0.25, -0.2) is 0 Å². The molecule has 2 aromatic heterocycles. The van der Waals surface area contributed by atoms with E-state index in [1.807, 2.05) is 47.0 Å². The molecule has 1 N–H and O–H groups in total. The number of nitrogens with zero attached hydrogens (tertiary/aromatic N) is 4. The number of hydrogen-bond acceptors (Lipinski definition) is 6. The molecule has 35 heavy (non-hydrogen) atoms. The molecule has 1 aliphatic heterocycles. The number of carbonyl (C=O) groups excluding carboxylic acids is 1. The third-order valence-corrected chi connectivity index (χ3v) is 7.13. The molecule has 1 amide bonds. The Labute approximate surface area is 209 Å². The van der Waals surface area contributed by atoms with Crippen LogP contribution in [0.5, 0.6) is 0 Å². The molecule has 0 spiro atoms. The van der Waals surface area contributed by atoms with Crippen molar-refractivity contribution in [2.24, 2.45) is 0 Å². The Balaban J connectivity index is 1.18. The first kappa shape index (κ1) is 23.4. The molecule has 3 heterocycles. The number of carbonyl (C=O) groups is 1. The lowest BCUT2D eigenvalue weighted by Gasteiger charge is -2.32. The number of likely N-dealkylation sites (tertiary alicyclic amines) is 1. The molecule has 0 saturated carbocycles. The van der Waals surface area contributed by atoms with Crippen molar-refractivity contribution in [3.63, 3.8) is 0 Å². The summed E-state index contributed by atoms with van der Waals surface area (Å²) in [5, 5.41) is 12.6. The first-order valence-corrected chi connectivity index (χ1v) is 12.9. The zero-order chi connectivity index (χ0) is 24.0. The minimum Gasteiger partial charge on any atom is -0.461 e. The average molecular weight is 488 g/mol. The van der Waals surface area contributed by atoms with Crippen LogP contribution < -0.4 is 5.32 Å². The topological polar surface area (TPSA) is 76.2 Å². The molecular formula is C27H29N5O2S. The van der Waals surface area contributed by atoms with Crippen LogP contribution >= 0.6 is 11.8 Å². The second kappa shape index (κ2) is 10.9. The molecule has 0 bridgehead atoms. The highest BCUT2D eigenvalue weighted by Crippen LogP contribution is 2.28. The fourth-order valence-electron chi connectivity index (χ4n) is 4.33. The standard InChI is InChI=1S/C27H29N5O2S/c1-20-9-11-23(12-10-20)32-26(24-8-5-17-34-24)29-30-27(32)35-19-25(33)28-22-13-15-31(16-14-22)18-21-6-3-2-4-7-21/h2-12,17,22H,13-16,18-19H2,1H3,(H,28,33). The van der Waals surface area contributed by atoms with Crippen molar-refractivity contribution in [3.8, 4) is 17.3 Å². The van der Waals surface area contributed by atoms with Gasteiger partial charge in [0.1, 0.15) is 0 Å². The highest BCUT2D eigenvalue weighted by molar-refractivity contribution is 7.99. The minimum atomic E-state index is 0.0227. The van der Waals surface area contributed by atoms with Gasteiger partial charge in [-0.3, -0.25) is 14.3 Å². The first-order valence-electron chi connectivity index (χ1n) is 11.9. The van der Waals surface area contributed by atoms with E-state index in [0.717, 1.165) is 38.2 Å². The van der Waals surface area contributed by atoms with Gasteiger partial charge in [-0.1, -0.05) is 59.8 Å². The van der Waals surface area contributed by atoms with Crippen LogP contribution in [-0.4, -0.2) is 50.5 Å². The average Bonchev–Trinajstić information content (AvgIpc) is 3.55. The fraction of sp³-hybridized carbons (Fsp3) is 0.296. The zero-order valence-electron chi connectivity index (χ0n) is 19.8. The van der Waals surface area contributed by atoms with Gasteiger partial charge in [-0.2, -0.15) is 0 Å². The van der Waals surface area contributed by atoms with Gasteiger partial charge in [-0.05, 0) is 49.6 Å². The number of amides is 1. The van der Waals surface area contributed by atoms with E-state index in [1.165, 1.54) is 22.9 Å². The Morgan fingerprint density at radius 2 is 1.80 bits per heavy atom. The summed E-state index contributed by atoms with van der Waals surface area (Å²) in [5.41, 5.74) is 3.43. The SMILES string of the molecule is Cc1ccc(-n2c(SCC(=O)NC3CCN(Cc4ccccc4)CC3)nnc2-c2ccco2)cc1. The summed E-state index contributed by atoms with van der Waals surface area (Å²) in [4.78, 5) is 15.2. The molecule has 4 aromatic rings. The van der Waals surface area contributed by atoms with Crippen LogP contribution in [-0.2, 0) is 11.3 Å². The van der Waals surface area contributed by atoms with Gasteiger partial charge in [-0.15, -0.1) is 10.2 Å². The second-order valence-corrected chi connectivity index (χ2v) is 9.79. The van der Waals surface area contributed by atoms with E-state index in [-0.39, 0.29) is 17.7 Å². The lowest BCUT2D eigenvalue weighted by Crippen LogP contribution is -2.44. The summed E-state index contributed by atoms with van der Waals surface area (Å²) in [6.07, 6.45) is 3.55. The van der Waals surface area contributed by atoms with E-state index < -0.39 is 0 Å². The molecule has 0 atom stereocenters. The van der Waals surface area contributed by atoms with Crippen LogP contribution in [0.25, 0.3) is 17.3 Å². The minimum absolute atomic E-state index is 0.0227. The van der Waals surface area contributed by atoms with Crippen LogP contribution in [0.1, 0.15) is 24.0 Å². The Hall–Kier alpha value is -3.36. The number of rotatable bonds is 8. The number of aryl methyl sites for hydroxylation is 1. The quantitative estimate of drug-likeness (QED) is 0.363. The third-order valence-electron chi connectivity index (χ3n) is 6.20. The normalized spacial score (nSPS) is 14.8. The maximum Gasteiger partial charge on any atom is 0.230 e. The van der Waals surface area contributed by atoms with Gasteiger partial charge >= 0.3 is 0 Å². The predicted octanol–water partition coefficient (Wildman–Crippen LogP) is 4.71. The van der Waals surface area contributed by atoms with Crippen molar-refractivity contribution in [3.05, 3.63) is 84.1 Å². The van der Waals surface area contributed by atoms with Crippen LogP contribution in [0.3, 0.4) is 0 Å². The van der Waals surface area contributed by atoms with Gasteiger partial charge in [0.2, 0.25) is 11.7 Å². The summed E-state index contributed by atoms with van der Waals surface area (Å²) in [7, 11) is 0. The summed E-state index contributed by atoms with van der Waals surface area (Å²) < 4.78 is 7.52. The maximum atomic E-state index is 12.8. The molecule has 7 nitrogen and oxygen atoms in total. The van der Waals surface area contributed by atoms with E-state index in [4.69, 9.17) is 4.42 Å². The number of benzene rings is 2. The summed E-state index contributed by atoms with van der Waals surface area (Å²) >= 11 is 1.39. The number of nitrogens with one attached hydrogen (secondary N) is 1. The zero-order valence-corrected chi connectivity index (χ0v) is 20.6. The molecule has 180 valence electrons. The lowest BCUT2D eigenvalue weighted by molar-refractivity contribution is -0.119. The first-order chi connectivity index (χ1) is 17.2. The van der Waals surface area contributed by atoms with Crippen LogP contribution in [0, 0.1) is 6.92 Å². The number of thioether (sulfide) groups is 1. The molecule has 0 radical (unpaired) electrons. The highest BCUT2D eigenvalue weighted by Gasteiger charge is 2.22. The Morgan fingerprint density at radius 3 is 2.51 bits per heavy atom. The van der Waals surface area contributed by atoms with Crippen LogP contribution in [0.4, 0.5) is 0 Å². The molecule has 5 rings (SSSR count). The highest BCUT2D eigenvalue weighted by atomic mass is 32.2. The number of piperidine rings is 1. The fourth-order valence-corrected chi connectivity index (χ4v) is 5.09. The number of aromatic nitrogens is 3. The van der Waals surface area contributed by atoms with E-state index in [2.05, 4.69) is 51.6 Å². The van der Waals surface area contributed by atoms with Gasteiger partial charge in [0, 0.05) is 31.4 Å². The summed E-state index contributed by atoms with van der Waals surface area (Å²) in [5.74, 6) is 1.56. The van der Waals surface area contributed by atoms with E-state index in [0.29, 0.717) is 16.7 Å². The molecule has 2 aromatic carbocycles. The monoisotopic (exact) mass is 487 g/mol. The van der Waals surface area contributed by atoms with Crippen molar-refractivity contribution in [2.75, 3.05) is 18.8 Å². The maximum absolute atomic E-state index is 12.8. The second-order valence-electron chi connectivity index (χ2n) is 8.85. The molecular weight excluding hydrogens is 458 g/mol. The Morgan fingerprint density at radius 1 is 1.03 bits per heavy atom. The van der Waals surface area contributed by atoms with Gasteiger partial charge in [0.25, 0.3) is 0 Å². The number of hydrogen-bond donors (Lipinski definition) is 1. The molecule has 8 heteroatoms. The molecule has 0 aliphatic carbocycles. The van der Waals surface area contributed by atoms with Gasteiger partial charge in [0.15, 0.2) is 10.9 Å². The van der Waals surface area contributed by atoms with E-state index >= 15 is 0 Å². The van der Waals surface area contributed by atoms with Gasteiger partial charge < -0.3 is 9.73 Å². The summed E-state index contributed by atoms with van der Waals surface area (Å²) in [6.45, 7) is 4.99. The molecule has 1 fully saturated rings. The summed E-state index contributed by atoms with van der Waals surface area (Å²) in [6, 6.07) is 22.6. The third kappa shape index (κ3) is 5.83. The Kier molecular flexibility index (Phi) is 7.30. The van der Waals surface area contributed by atoms with Crippen molar-refractivity contribution in [2.45, 2.75) is 37.5 Å². The van der Waals surface area contributed by atoms with Crippen LogP contribution in [0.2, 0.25) is 0 Å². The van der Waals surface area contributed by atoms with Crippen molar-refractivity contribution in [1.82, 2.24) is 25.0 Å². The van der Waals surface area contributed by atoms with Crippen molar-refractivity contribution >= 4 is 17.7 Å². The van der Waals surface area contributed by atoms with Crippen LogP contribution in [0.15, 0.2) is 82.6 Å². The van der Waals surface area contributed by atoms with Crippen molar-refractivity contribution < 1.29 is 9.21 Å². The predicted molar refractivity (Wildman–Crippen MR) is 137 cm³/mol. The molecule has 0 unspecified atom stereocenters. The molecule has 1 saturated heterocycles.